The first kappa shape index (κ1) is 17.0. The molecule has 24 heavy (non-hydrogen) atoms. The number of aryl methyl sites for hydroxylation is 2. The summed E-state index contributed by atoms with van der Waals surface area (Å²) in [6.45, 7) is 5.77. The van der Waals surface area contributed by atoms with E-state index in [4.69, 9.17) is 0 Å². The molecule has 1 saturated carbocycles. The Hall–Kier alpha value is -1.85. The molecule has 0 aromatic carbocycles. The van der Waals surface area contributed by atoms with Crippen LogP contribution in [0, 0.1) is 13.8 Å². The molecule has 1 aliphatic carbocycles. The normalized spacial score (nSPS) is 20.0. The zero-order valence-electron chi connectivity index (χ0n) is 14.8. The van der Waals surface area contributed by atoms with Crippen LogP contribution in [-0.4, -0.2) is 41.2 Å². The van der Waals surface area contributed by atoms with E-state index in [0.29, 0.717) is 6.04 Å². The molecule has 6 nitrogen and oxygen atoms in total. The molecule has 2 fully saturated rings. The maximum Gasteiger partial charge on any atom is 0.315 e. The number of nitrogens with zero attached hydrogens (tertiary/aromatic N) is 3. The molecule has 0 atom stereocenters. The number of urea groups is 1. The van der Waals surface area contributed by atoms with Gasteiger partial charge in [0.2, 0.25) is 0 Å². The summed E-state index contributed by atoms with van der Waals surface area (Å²) in [5.41, 5.74) is 1.00. The van der Waals surface area contributed by atoms with E-state index in [-0.39, 0.29) is 12.1 Å². The van der Waals surface area contributed by atoms with Gasteiger partial charge in [0.05, 0.1) is 0 Å². The fourth-order valence-electron chi connectivity index (χ4n) is 3.77. The van der Waals surface area contributed by atoms with E-state index in [2.05, 4.69) is 25.5 Å². The van der Waals surface area contributed by atoms with Crippen LogP contribution >= 0.6 is 0 Å². The number of aromatic nitrogens is 2. The average Bonchev–Trinajstić information content (AvgIpc) is 2.55. The fraction of sp³-hybridized carbons (Fsp3) is 0.722. The van der Waals surface area contributed by atoms with Crippen molar-refractivity contribution in [1.29, 1.82) is 0 Å². The molecule has 3 rings (SSSR count). The lowest BCUT2D eigenvalue weighted by atomic mass is 9.96. The number of nitrogens with one attached hydrogen (secondary N) is 2. The van der Waals surface area contributed by atoms with Crippen molar-refractivity contribution in [2.45, 2.75) is 70.9 Å². The molecular weight excluding hydrogens is 302 g/mol. The van der Waals surface area contributed by atoms with Gasteiger partial charge in [-0.2, -0.15) is 0 Å². The summed E-state index contributed by atoms with van der Waals surface area (Å²) in [4.78, 5) is 23.3. The van der Waals surface area contributed by atoms with Gasteiger partial charge in [-0.3, -0.25) is 0 Å². The van der Waals surface area contributed by atoms with E-state index in [1.807, 2.05) is 19.9 Å². The number of anilines is 1. The zero-order valence-corrected chi connectivity index (χ0v) is 14.8. The van der Waals surface area contributed by atoms with Gasteiger partial charge < -0.3 is 15.5 Å². The molecule has 6 heteroatoms. The molecule has 1 aliphatic heterocycles. The van der Waals surface area contributed by atoms with Crippen LogP contribution in [0.1, 0.15) is 56.5 Å². The predicted octanol–water partition coefficient (Wildman–Crippen LogP) is 2.69. The van der Waals surface area contributed by atoms with Gasteiger partial charge >= 0.3 is 6.03 Å². The molecule has 0 unspecified atom stereocenters. The van der Waals surface area contributed by atoms with Crippen LogP contribution in [-0.2, 0) is 0 Å². The lowest BCUT2D eigenvalue weighted by molar-refractivity contribution is 0.226. The Bertz CT molecular complexity index is 542. The second-order valence-corrected chi connectivity index (χ2v) is 7.13. The van der Waals surface area contributed by atoms with Gasteiger partial charge in [-0.1, -0.05) is 19.3 Å². The van der Waals surface area contributed by atoms with Crippen molar-refractivity contribution >= 4 is 11.8 Å². The number of piperidine rings is 1. The smallest absolute Gasteiger partial charge is 0.315 e. The van der Waals surface area contributed by atoms with Gasteiger partial charge in [0.15, 0.2) is 0 Å². The van der Waals surface area contributed by atoms with Gasteiger partial charge in [-0.25, -0.2) is 14.8 Å². The van der Waals surface area contributed by atoms with Crippen molar-refractivity contribution in [2.75, 3.05) is 18.0 Å². The molecular formula is C18H29N5O. The second-order valence-electron chi connectivity index (χ2n) is 7.13. The summed E-state index contributed by atoms with van der Waals surface area (Å²) < 4.78 is 0. The van der Waals surface area contributed by atoms with Crippen molar-refractivity contribution in [3.63, 3.8) is 0 Å². The summed E-state index contributed by atoms with van der Waals surface area (Å²) in [6, 6.07) is 2.67. The first-order valence-corrected chi connectivity index (χ1v) is 9.24. The Morgan fingerprint density at radius 1 is 1.00 bits per heavy atom. The summed E-state index contributed by atoms with van der Waals surface area (Å²) in [6.07, 6.45) is 7.94. The molecule has 1 aromatic heterocycles. The highest BCUT2D eigenvalue weighted by atomic mass is 16.2. The molecule has 2 amide bonds. The Kier molecular flexibility index (Phi) is 5.53. The topological polar surface area (TPSA) is 70.2 Å². The quantitative estimate of drug-likeness (QED) is 0.893. The third-order valence-electron chi connectivity index (χ3n) is 5.05. The molecule has 0 spiro atoms. The molecule has 0 radical (unpaired) electrons. The summed E-state index contributed by atoms with van der Waals surface area (Å²) in [5, 5.41) is 6.29. The van der Waals surface area contributed by atoms with E-state index < -0.39 is 0 Å². The Morgan fingerprint density at radius 3 is 2.25 bits per heavy atom. The maximum atomic E-state index is 12.2. The van der Waals surface area contributed by atoms with Crippen molar-refractivity contribution < 1.29 is 4.79 Å². The molecule has 132 valence electrons. The number of rotatable bonds is 3. The minimum atomic E-state index is 0.00840. The van der Waals surface area contributed by atoms with Gasteiger partial charge in [-0.05, 0) is 39.5 Å². The number of amides is 2. The highest BCUT2D eigenvalue weighted by Gasteiger charge is 2.23. The van der Waals surface area contributed by atoms with Crippen LogP contribution in [0.4, 0.5) is 10.6 Å². The lowest BCUT2D eigenvalue weighted by Crippen LogP contribution is -2.50. The van der Waals surface area contributed by atoms with Crippen molar-refractivity contribution in [3.8, 4) is 0 Å². The standard InChI is InChI=1S/C18H29N5O/c1-13-12-17(20-14(2)19-13)23-10-8-16(9-11-23)22-18(24)21-15-6-4-3-5-7-15/h12,15-16H,3-11H2,1-2H3,(H2,21,22,24). The minimum absolute atomic E-state index is 0.00840. The molecule has 0 bridgehead atoms. The first-order chi connectivity index (χ1) is 11.6. The largest absolute Gasteiger partial charge is 0.356 e. The van der Waals surface area contributed by atoms with Crippen LogP contribution in [0.25, 0.3) is 0 Å². The highest BCUT2D eigenvalue weighted by molar-refractivity contribution is 5.74. The number of carbonyl (C=O) groups is 1. The average molecular weight is 331 g/mol. The highest BCUT2D eigenvalue weighted by Crippen LogP contribution is 2.19. The number of hydrogen-bond acceptors (Lipinski definition) is 4. The Morgan fingerprint density at radius 2 is 1.62 bits per heavy atom. The summed E-state index contributed by atoms with van der Waals surface area (Å²) in [7, 11) is 0. The number of carbonyl (C=O) groups excluding carboxylic acids is 1. The molecule has 1 aromatic rings. The zero-order chi connectivity index (χ0) is 16.9. The van der Waals surface area contributed by atoms with E-state index in [1.54, 1.807) is 0 Å². The monoisotopic (exact) mass is 331 g/mol. The second kappa shape index (κ2) is 7.81. The fourth-order valence-corrected chi connectivity index (χ4v) is 3.77. The van der Waals surface area contributed by atoms with Gasteiger partial charge in [0, 0.05) is 36.9 Å². The van der Waals surface area contributed by atoms with Crippen LogP contribution in [0.2, 0.25) is 0 Å². The molecule has 1 saturated heterocycles. The van der Waals surface area contributed by atoms with Crippen LogP contribution in [0.3, 0.4) is 0 Å². The van der Waals surface area contributed by atoms with Crippen LogP contribution in [0.15, 0.2) is 6.07 Å². The van der Waals surface area contributed by atoms with Crippen molar-refractivity contribution in [2.24, 2.45) is 0 Å². The third-order valence-corrected chi connectivity index (χ3v) is 5.05. The minimum Gasteiger partial charge on any atom is -0.356 e. The van der Waals surface area contributed by atoms with E-state index in [1.165, 1.54) is 19.3 Å². The Labute approximate surface area is 144 Å². The van der Waals surface area contributed by atoms with Gasteiger partial charge in [0.25, 0.3) is 0 Å². The van der Waals surface area contributed by atoms with Crippen molar-refractivity contribution in [1.82, 2.24) is 20.6 Å². The van der Waals surface area contributed by atoms with E-state index in [0.717, 1.165) is 56.1 Å². The molecule has 2 aliphatic rings. The van der Waals surface area contributed by atoms with Gasteiger partial charge in [-0.15, -0.1) is 0 Å². The predicted molar refractivity (Wildman–Crippen MR) is 95.3 cm³/mol. The lowest BCUT2D eigenvalue weighted by Gasteiger charge is -2.33. The van der Waals surface area contributed by atoms with E-state index in [9.17, 15) is 4.79 Å². The van der Waals surface area contributed by atoms with Gasteiger partial charge in [0.1, 0.15) is 11.6 Å². The SMILES string of the molecule is Cc1cc(N2CCC(NC(=O)NC3CCCCC3)CC2)nc(C)n1. The van der Waals surface area contributed by atoms with Crippen LogP contribution < -0.4 is 15.5 Å². The maximum absolute atomic E-state index is 12.2. The van der Waals surface area contributed by atoms with Crippen molar-refractivity contribution in [3.05, 3.63) is 17.6 Å². The molecule has 2 heterocycles. The first-order valence-electron chi connectivity index (χ1n) is 9.24. The Balaban J connectivity index is 1.45. The number of hydrogen-bond donors (Lipinski definition) is 2. The summed E-state index contributed by atoms with van der Waals surface area (Å²) in [5.74, 6) is 1.82. The molecule has 2 N–H and O–H groups in total. The van der Waals surface area contributed by atoms with E-state index >= 15 is 0 Å². The van der Waals surface area contributed by atoms with Crippen LogP contribution in [0.5, 0.6) is 0 Å². The summed E-state index contributed by atoms with van der Waals surface area (Å²) >= 11 is 0. The third kappa shape index (κ3) is 4.58.